The van der Waals surface area contributed by atoms with Crippen LogP contribution in [0.25, 0.3) is 0 Å². The van der Waals surface area contributed by atoms with Gasteiger partial charge < -0.3 is 21.1 Å². The number of aromatic nitrogens is 4. The fourth-order valence-electron chi connectivity index (χ4n) is 3.24. The number of carbonyl (C=O) groups excluding carboxylic acids is 1. The van der Waals surface area contributed by atoms with Gasteiger partial charge in [0.2, 0.25) is 11.9 Å². The van der Waals surface area contributed by atoms with Gasteiger partial charge in [-0.2, -0.15) is 10.1 Å². The lowest BCUT2D eigenvalue weighted by molar-refractivity contribution is -0.123. The van der Waals surface area contributed by atoms with Crippen LogP contribution in [0.15, 0.2) is 36.5 Å². The Morgan fingerprint density at radius 1 is 1.34 bits per heavy atom. The maximum absolute atomic E-state index is 13.5. The fourth-order valence-corrected chi connectivity index (χ4v) is 3.38. The van der Waals surface area contributed by atoms with Crippen molar-refractivity contribution in [3.8, 4) is 0 Å². The first-order chi connectivity index (χ1) is 15.4. The molecule has 0 saturated heterocycles. The third-order valence-electron chi connectivity index (χ3n) is 5.18. The highest BCUT2D eigenvalue weighted by molar-refractivity contribution is 6.32. The maximum atomic E-state index is 13.5. The molecule has 1 atom stereocenters. The van der Waals surface area contributed by atoms with Crippen LogP contribution in [0.1, 0.15) is 43.4 Å². The summed E-state index contributed by atoms with van der Waals surface area (Å²) in [6.07, 6.45) is 3.85. The molecular formula is C21H23ClFN7O2. The highest BCUT2D eigenvalue weighted by Crippen LogP contribution is 2.39. The Kier molecular flexibility index (Phi) is 6.24. The SMILES string of the molecule is CCC(=O)N[C@@](CO)(Nc1ncc(Cl)c(Nc2cc(C3CC3)[nH]n2)n1)c1ccc(F)cc1. The lowest BCUT2D eigenvalue weighted by Crippen LogP contribution is -2.54. The minimum atomic E-state index is -1.47. The van der Waals surface area contributed by atoms with E-state index in [-0.39, 0.29) is 23.3 Å². The zero-order chi connectivity index (χ0) is 22.7. The predicted molar refractivity (Wildman–Crippen MR) is 118 cm³/mol. The van der Waals surface area contributed by atoms with E-state index in [0.717, 1.165) is 18.5 Å². The standard InChI is InChI=1S/C21H23ClFN7O2/c1-2-18(32)27-21(11-31,13-5-7-14(23)8-6-13)28-20-24-10-15(22)19(26-20)25-17-9-16(29-30-17)12-3-4-12/h5-10,12,31H,2-4,11H2,1H3,(H,27,32)(H3,24,25,26,28,29,30)/t21-/m0/s1. The van der Waals surface area contributed by atoms with Gasteiger partial charge in [0.1, 0.15) is 10.8 Å². The van der Waals surface area contributed by atoms with Gasteiger partial charge >= 0.3 is 0 Å². The predicted octanol–water partition coefficient (Wildman–Crippen LogP) is 3.40. The highest BCUT2D eigenvalue weighted by atomic mass is 35.5. The largest absolute Gasteiger partial charge is 0.392 e. The zero-order valence-electron chi connectivity index (χ0n) is 17.3. The number of benzene rings is 1. The van der Waals surface area contributed by atoms with Crippen molar-refractivity contribution in [3.05, 3.63) is 58.6 Å². The Morgan fingerprint density at radius 3 is 2.75 bits per heavy atom. The summed E-state index contributed by atoms with van der Waals surface area (Å²) in [5.74, 6) is 0.688. The number of nitrogens with one attached hydrogen (secondary N) is 4. The molecule has 0 bridgehead atoms. The van der Waals surface area contributed by atoms with Crippen LogP contribution in [0.4, 0.5) is 22.0 Å². The van der Waals surface area contributed by atoms with Gasteiger partial charge in [-0.25, -0.2) is 9.37 Å². The van der Waals surface area contributed by atoms with Gasteiger partial charge in [0.05, 0.1) is 12.8 Å². The monoisotopic (exact) mass is 459 g/mol. The van der Waals surface area contributed by atoms with E-state index in [9.17, 15) is 14.3 Å². The van der Waals surface area contributed by atoms with Crippen molar-refractivity contribution in [1.29, 1.82) is 0 Å². The first-order valence-electron chi connectivity index (χ1n) is 10.2. The van der Waals surface area contributed by atoms with Crippen LogP contribution in [0.5, 0.6) is 0 Å². The summed E-state index contributed by atoms with van der Waals surface area (Å²) < 4.78 is 13.5. The molecule has 0 radical (unpaired) electrons. The summed E-state index contributed by atoms with van der Waals surface area (Å²) in [5, 5.41) is 26.5. The molecule has 1 aliphatic carbocycles. The molecule has 1 amide bonds. The van der Waals surface area contributed by atoms with Crippen LogP contribution in [0, 0.1) is 5.82 Å². The number of anilines is 3. The van der Waals surface area contributed by atoms with Crippen LogP contribution in [0.2, 0.25) is 5.02 Å². The molecule has 2 heterocycles. The summed E-state index contributed by atoms with van der Waals surface area (Å²) in [5.41, 5.74) is 0.00345. The molecule has 1 aliphatic rings. The lowest BCUT2D eigenvalue weighted by Gasteiger charge is -2.34. The van der Waals surface area contributed by atoms with E-state index in [4.69, 9.17) is 11.6 Å². The van der Waals surface area contributed by atoms with Crippen molar-refractivity contribution in [2.24, 2.45) is 0 Å². The molecule has 9 nitrogen and oxygen atoms in total. The Bertz CT molecular complexity index is 1100. The number of rotatable bonds is 9. The number of amides is 1. The summed E-state index contributed by atoms with van der Waals surface area (Å²) >= 11 is 6.26. The molecule has 0 aliphatic heterocycles. The molecule has 1 fully saturated rings. The Labute approximate surface area is 188 Å². The normalized spacial score (nSPS) is 15.1. The number of aliphatic hydroxyl groups excluding tert-OH is 1. The summed E-state index contributed by atoms with van der Waals surface area (Å²) in [4.78, 5) is 20.8. The minimum Gasteiger partial charge on any atom is -0.392 e. The van der Waals surface area contributed by atoms with Gasteiger partial charge in [0.25, 0.3) is 0 Å². The van der Waals surface area contributed by atoms with E-state index in [2.05, 4.69) is 36.1 Å². The summed E-state index contributed by atoms with van der Waals surface area (Å²) in [6.45, 7) is 1.14. The first kappa shape index (κ1) is 22.0. The van der Waals surface area contributed by atoms with Crippen LogP contribution < -0.4 is 16.0 Å². The molecule has 0 spiro atoms. The number of H-pyrrole nitrogens is 1. The Balaban J connectivity index is 1.62. The molecule has 5 N–H and O–H groups in total. The van der Waals surface area contributed by atoms with E-state index >= 15 is 0 Å². The first-order valence-corrected chi connectivity index (χ1v) is 10.6. The van der Waals surface area contributed by atoms with Gasteiger partial charge in [-0.15, -0.1) is 0 Å². The molecule has 0 unspecified atom stereocenters. The molecule has 2 aromatic heterocycles. The van der Waals surface area contributed by atoms with Crippen molar-refractivity contribution >= 4 is 35.1 Å². The molecule has 3 aromatic rings. The van der Waals surface area contributed by atoms with Gasteiger partial charge in [-0.3, -0.25) is 9.89 Å². The second-order valence-electron chi connectivity index (χ2n) is 7.60. The number of carbonyl (C=O) groups is 1. The third-order valence-corrected chi connectivity index (χ3v) is 5.46. The minimum absolute atomic E-state index is 0.0876. The van der Waals surface area contributed by atoms with Crippen molar-refractivity contribution < 1.29 is 14.3 Å². The van der Waals surface area contributed by atoms with Gasteiger partial charge in [0, 0.05) is 29.7 Å². The topological polar surface area (TPSA) is 128 Å². The summed E-state index contributed by atoms with van der Waals surface area (Å²) in [7, 11) is 0. The molecule has 4 rings (SSSR count). The van der Waals surface area contributed by atoms with E-state index < -0.39 is 18.1 Å². The molecule has 1 saturated carbocycles. The van der Waals surface area contributed by atoms with E-state index in [1.54, 1.807) is 6.92 Å². The molecular weight excluding hydrogens is 437 g/mol. The van der Waals surface area contributed by atoms with Crippen molar-refractivity contribution in [2.45, 2.75) is 37.8 Å². The number of hydrogen-bond acceptors (Lipinski definition) is 7. The summed E-state index contributed by atoms with van der Waals surface area (Å²) in [6, 6.07) is 7.31. The van der Waals surface area contributed by atoms with Crippen LogP contribution in [-0.2, 0) is 10.5 Å². The van der Waals surface area contributed by atoms with E-state index in [0.29, 0.717) is 23.1 Å². The Morgan fingerprint density at radius 2 is 2.09 bits per heavy atom. The molecule has 32 heavy (non-hydrogen) atoms. The Hall–Kier alpha value is -3.24. The molecule has 11 heteroatoms. The van der Waals surface area contributed by atoms with Crippen molar-refractivity contribution in [3.63, 3.8) is 0 Å². The van der Waals surface area contributed by atoms with Gasteiger partial charge in [0.15, 0.2) is 17.3 Å². The van der Waals surface area contributed by atoms with Crippen LogP contribution in [0.3, 0.4) is 0 Å². The highest BCUT2D eigenvalue weighted by Gasteiger charge is 2.34. The van der Waals surface area contributed by atoms with E-state index in [1.165, 1.54) is 30.5 Å². The fraction of sp³-hybridized carbons (Fsp3) is 0.333. The van der Waals surface area contributed by atoms with Crippen molar-refractivity contribution in [1.82, 2.24) is 25.5 Å². The number of aromatic amines is 1. The average Bonchev–Trinajstić information content (AvgIpc) is 3.54. The second-order valence-corrected chi connectivity index (χ2v) is 8.00. The maximum Gasteiger partial charge on any atom is 0.226 e. The van der Waals surface area contributed by atoms with Crippen LogP contribution >= 0.6 is 11.6 Å². The number of halogens is 2. The number of hydrogen-bond donors (Lipinski definition) is 5. The second kappa shape index (κ2) is 9.09. The van der Waals surface area contributed by atoms with Gasteiger partial charge in [-0.1, -0.05) is 30.7 Å². The zero-order valence-corrected chi connectivity index (χ0v) is 18.1. The van der Waals surface area contributed by atoms with E-state index in [1.807, 2.05) is 6.07 Å². The van der Waals surface area contributed by atoms with Crippen molar-refractivity contribution in [2.75, 3.05) is 17.2 Å². The van der Waals surface area contributed by atoms with Gasteiger partial charge in [-0.05, 0) is 25.0 Å². The average molecular weight is 460 g/mol. The third kappa shape index (κ3) is 4.81. The van der Waals surface area contributed by atoms with Crippen LogP contribution in [-0.4, -0.2) is 37.8 Å². The quantitative estimate of drug-likeness (QED) is 0.310. The smallest absolute Gasteiger partial charge is 0.226 e. The number of aliphatic hydroxyl groups is 1. The molecule has 1 aromatic carbocycles. The number of nitrogens with zero attached hydrogens (tertiary/aromatic N) is 3. The lowest BCUT2D eigenvalue weighted by atomic mass is 9.99. The molecule has 168 valence electrons.